The molecule has 9 nitrogen and oxygen atoms in total. The lowest BCUT2D eigenvalue weighted by Crippen LogP contribution is -2.37. The Morgan fingerprint density at radius 3 is 2.88 bits per heavy atom. The first-order chi connectivity index (χ1) is 15.5. The number of nitrogens with zero attached hydrogens (tertiary/aromatic N) is 3. The molecule has 2 aliphatic rings. The van der Waals surface area contributed by atoms with E-state index in [1.807, 2.05) is 24.8 Å². The predicted molar refractivity (Wildman–Crippen MR) is 120 cm³/mol. The Bertz CT molecular complexity index is 1100. The van der Waals surface area contributed by atoms with Gasteiger partial charge in [0.1, 0.15) is 11.7 Å². The molecule has 1 aromatic carbocycles. The molecule has 0 unspecified atom stereocenters. The lowest BCUT2D eigenvalue weighted by molar-refractivity contribution is -0.123. The summed E-state index contributed by atoms with van der Waals surface area (Å²) >= 11 is 0. The Balaban J connectivity index is 1.66. The number of hydrogen-bond acceptors (Lipinski definition) is 8. The first-order valence-electron chi connectivity index (χ1n) is 10.4. The number of rotatable bonds is 7. The van der Waals surface area contributed by atoms with Crippen LogP contribution in [0, 0.1) is 0 Å². The monoisotopic (exact) mass is 435 g/mol. The van der Waals surface area contributed by atoms with E-state index in [0.717, 1.165) is 11.4 Å². The highest BCUT2D eigenvalue weighted by Gasteiger charge is 2.33. The number of aliphatic imine (C=N–C) groups is 1. The minimum Gasteiger partial charge on any atom is -0.491 e. The molecule has 0 spiro atoms. The standard InChI is InChI=1S/C23H25N5O4/c1-14(2)26-20(30)13-32-18-7-6-16-21(22(18)31-3)27-19(28-10-9-25-23(16)28)11-17(29)15-5-4-8-24-12-15/h4-8,11-12,14,27H,9-10,13H2,1-3H3,(H,26,30). The molecular formula is C23H25N5O4. The highest BCUT2D eigenvalue weighted by Crippen LogP contribution is 2.42. The van der Waals surface area contributed by atoms with Crippen molar-refractivity contribution in [1.82, 2.24) is 15.2 Å². The van der Waals surface area contributed by atoms with Crippen LogP contribution in [-0.4, -0.2) is 60.3 Å². The molecule has 0 radical (unpaired) electrons. The smallest absolute Gasteiger partial charge is 0.258 e. The summed E-state index contributed by atoms with van der Waals surface area (Å²) in [6.07, 6.45) is 4.69. The van der Waals surface area contributed by atoms with Crippen molar-refractivity contribution in [2.45, 2.75) is 19.9 Å². The third kappa shape index (κ3) is 4.27. The van der Waals surface area contributed by atoms with Gasteiger partial charge in [0.25, 0.3) is 5.91 Å². The Morgan fingerprint density at radius 1 is 1.31 bits per heavy atom. The average molecular weight is 435 g/mol. The number of hydrogen-bond donors (Lipinski definition) is 2. The van der Waals surface area contributed by atoms with Crippen LogP contribution >= 0.6 is 0 Å². The number of carbonyl (C=O) groups is 2. The zero-order valence-corrected chi connectivity index (χ0v) is 18.2. The van der Waals surface area contributed by atoms with Gasteiger partial charge in [0.05, 0.1) is 19.3 Å². The third-order valence-corrected chi connectivity index (χ3v) is 4.97. The highest BCUT2D eigenvalue weighted by atomic mass is 16.5. The van der Waals surface area contributed by atoms with Crippen LogP contribution in [0.5, 0.6) is 11.5 Å². The highest BCUT2D eigenvalue weighted by molar-refractivity contribution is 6.11. The van der Waals surface area contributed by atoms with E-state index in [1.54, 1.807) is 24.4 Å². The van der Waals surface area contributed by atoms with Crippen LogP contribution in [0.1, 0.15) is 29.8 Å². The lowest BCUT2D eigenvalue weighted by Gasteiger charge is -2.32. The van der Waals surface area contributed by atoms with Crippen LogP contribution in [-0.2, 0) is 4.79 Å². The van der Waals surface area contributed by atoms with Crippen molar-refractivity contribution in [2.75, 3.05) is 32.1 Å². The van der Waals surface area contributed by atoms with E-state index in [1.165, 1.54) is 19.4 Å². The van der Waals surface area contributed by atoms with Crippen molar-refractivity contribution >= 4 is 23.2 Å². The van der Waals surface area contributed by atoms with Crippen molar-refractivity contribution in [3.8, 4) is 11.5 Å². The number of ether oxygens (including phenoxy) is 2. The van der Waals surface area contributed by atoms with Crippen molar-refractivity contribution in [1.29, 1.82) is 0 Å². The first-order valence-corrected chi connectivity index (χ1v) is 10.4. The minimum absolute atomic E-state index is 0.0228. The molecule has 1 aromatic heterocycles. The number of allylic oxidation sites excluding steroid dienone is 1. The number of amidine groups is 1. The first kappa shape index (κ1) is 21.4. The van der Waals surface area contributed by atoms with Crippen LogP contribution in [0.25, 0.3) is 0 Å². The van der Waals surface area contributed by atoms with E-state index in [0.29, 0.717) is 41.7 Å². The van der Waals surface area contributed by atoms with Crippen LogP contribution in [0.4, 0.5) is 5.69 Å². The molecule has 0 saturated heterocycles. The summed E-state index contributed by atoms with van der Waals surface area (Å²) < 4.78 is 11.4. The number of fused-ring (bicyclic) bond motifs is 3. The van der Waals surface area contributed by atoms with Gasteiger partial charge in [-0.05, 0) is 38.1 Å². The number of benzene rings is 1. The second-order valence-corrected chi connectivity index (χ2v) is 7.65. The van der Waals surface area contributed by atoms with E-state index < -0.39 is 0 Å². The topological polar surface area (TPSA) is 105 Å². The number of aromatic nitrogens is 1. The SMILES string of the molecule is COc1c(OCC(=O)NC(C)C)ccc2c1NC(=CC(=O)c1cccnc1)N1CCN=C21. The van der Waals surface area contributed by atoms with E-state index in [2.05, 4.69) is 20.6 Å². The molecule has 9 heteroatoms. The van der Waals surface area contributed by atoms with Gasteiger partial charge in [0.15, 0.2) is 23.9 Å². The maximum Gasteiger partial charge on any atom is 0.258 e. The molecule has 2 N–H and O–H groups in total. The summed E-state index contributed by atoms with van der Waals surface area (Å²) in [5, 5.41) is 6.10. The van der Waals surface area contributed by atoms with Gasteiger partial charge in [0, 0.05) is 42.2 Å². The third-order valence-electron chi connectivity index (χ3n) is 4.97. The molecule has 166 valence electrons. The van der Waals surface area contributed by atoms with E-state index >= 15 is 0 Å². The summed E-state index contributed by atoms with van der Waals surface area (Å²) in [4.78, 5) is 35.4. The molecule has 2 aromatic rings. The van der Waals surface area contributed by atoms with Crippen LogP contribution in [0.3, 0.4) is 0 Å². The van der Waals surface area contributed by atoms with Crippen LogP contribution in [0.15, 0.2) is 53.5 Å². The quantitative estimate of drug-likeness (QED) is 0.507. The fraction of sp³-hybridized carbons (Fsp3) is 0.304. The number of carbonyl (C=O) groups excluding carboxylic acids is 2. The molecule has 0 bridgehead atoms. The van der Waals surface area contributed by atoms with Crippen molar-refractivity contribution in [2.24, 2.45) is 4.99 Å². The van der Waals surface area contributed by atoms with Gasteiger partial charge in [-0.15, -0.1) is 0 Å². The van der Waals surface area contributed by atoms with Crippen LogP contribution < -0.4 is 20.1 Å². The summed E-state index contributed by atoms with van der Waals surface area (Å²) in [6, 6.07) is 7.10. The van der Waals surface area contributed by atoms with Crippen molar-refractivity contribution < 1.29 is 19.1 Å². The van der Waals surface area contributed by atoms with Gasteiger partial charge in [-0.25, -0.2) is 0 Å². The summed E-state index contributed by atoms with van der Waals surface area (Å²) in [6.45, 7) is 4.91. The fourth-order valence-corrected chi connectivity index (χ4v) is 3.64. The molecule has 2 aliphatic heterocycles. The molecule has 0 fully saturated rings. The predicted octanol–water partition coefficient (Wildman–Crippen LogP) is 2.21. The molecule has 32 heavy (non-hydrogen) atoms. The minimum atomic E-state index is -0.221. The zero-order chi connectivity index (χ0) is 22.7. The van der Waals surface area contributed by atoms with E-state index in [4.69, 9.17) is 9.47 Å². The molecule has 1 amide bonds. The van der Waals surface area contributed by atoms with Crippen molar-refractivity contribution in [3.05, 3.63) is 59.7 Å². The Kier molecular flexibility index (Phi) is 6.07. The molecule has 0 aliphatic carbocycles. The second-order valence-electron chi connectivity index (χ2n) is 7.65. The number of methoxy groups -OCH3 is 1. The van der Waals surface area contributed by atoms with Gasteiger partial charge < -0.3 is 25.0 Å². The number of anilines is 1. The average Bonchev–Trinajstić information content (AvgIpc) is 3.28. The van der Waals surface area contributed by atoms with Gasteiger partial charge >= 0.3 is 0 Å². The fourth-order valence-electron chi connectivity index (χ4n) is 3.64. The van der Waals surface area contributed by atoms with E-state index in [9.17, 15) is 9.59 Å². The van der Waals surface area contributed by atoms with Gasteiger partial charge in [-0.2, -0.15) is 0 Å². The van der Waals surface area contributed by atoms with Gasteiger partial charge in [0.2, 0.25) is 0 Å². The Morgan fingerprint density at radius 2 is 2.16 bits per heavy atom. The summed E-state index contributed by atoms with van der Waals surface area (Å²) in [5.74, 6) is 1.81. The molecule has 4 rings (SSSR count). The number of pyridine rings is 1. The Labute approximate surface area is 186 Å². The largest absolute Gasteiger partial charge is 0.491 e. The summed E-state index contributed by atoms with van der Waals surface area (Å²) in [7, 11) is 1.53. The second kappa shape index (κ2) is 9.09. The lowest BCUT2D eigenvalue weighted by atomic mass is 10.1. The molecular weight excluding hydrogens is 410 g/mol. The van der Waals surface area contributed by atoms with Crippen LogP contribution in [0.2, 0.25) is 0 Å². The number of ketones is 1. The van der Waals surface area contributed by atoms with Crippen molar-refractivity contribution in [3.63, 3.8) is 0 Å². The number of amides is 1. The number of nitrogens with one attached hydrogen (secondary N) is 2. The maximum atomic E-state index is 12.8. The molecule has 3 heterocycles. The maximum absolute atomic E-state index is 12.8. The van der Waals surface area contributed by atoms with E-state index in [-0.39, 0.29) is 24.3 Å². The van der Waals surface area contributed by atoms with Gasteiger partial charge in [-0.3, -0.25) is 19.6 Å². The zero-order valence-electron chi connectivity index (χ0n) is 18.2. The normalized spacial score (nSPS) is 15.6. The molecule has 0 saturated carbocycles. The Hall–Kier alpha value is -3.88. The van der Waals surface area contributed by atoms with Gasteiger partial charge in [-0.1, -0.05) is 0 Å². The molecule has 0 atom stereocenters. The summed E-state index contributed by atoms with van der Waals surface area (Å²) in [5.41, 5.74) is 1.96.